The lowest BCUT2D eigenvalue weighted by atomic mass is 10.2. The van der Waals surface area contributed by atoms with Gasteiger partial charge in [-0.2, -0.15) is 0 Å². The quantitative estimate of drug-likeness (QED) is 0.548. The molecular formula is C21H20ClN3O3. The number of carbonyl (C=O) groups is 1. The second-order valence-corrected chi connectivity index (χ2v) is 6.22. The minimum Gasteiger partial charge on any atom is -0.497 e. The Hall–Kier alpha value is -3.25. The van der Waals surface area contributed by atoms with Crippen molar-refractivity contribution in [1.29, 1.82) is 0 Å². The van der Waals surface area contributed by atoms with E-state index < -0.39 is 0 Å². The zero-order valence-electron chi connectivity index (χ0n) is 15.3. The molecule has 3 aromatic rings. The Morgan fingerprint density at radius 1 is 1.04 bits per heavy atom. The van der Waals surface area contributed by atoms with E-state index in [1.807, 2.05) is 24.3 Å². The smallest absolute Gasteiger partial charge is 0.257 e. The normalized spacial score (nSPS) is 10.2. The first-order valence-corrected chi connectivity index (χ1v) is 9.06. The summed E-state index contributed by atoms with van der Waals surface area (Å²) in [6, 6.07) is 17.9. The van der Waals surface area contributed by atoms with Crippen molar-refractivity contribution in [3.8, 4) is 11.5 Å². The summed E-state index contributed by atoms with van der Waals surface area (Å²) in [7, 11) is 1.62. The van der Waals surface area contributed by atoms with Gasteiger partial charge in [0.2, 0.25) is 0 Å². The van der Waals surface area contributed by atoms with Crippen molar-refractivity contribution < 1.29 is 14.3 Å². The minimum absolute atomic E-state index is 0.269. The summed E-state index contributed by atoms with van der Waals surface area (Å²) < 4.78 is 10.8. The number of halogens is 1. The Morgan fingerprint density at radius 3 is 2.46 bits per heavy atom. The van der Waals surface area contributed by atoms with E-state index in [1.165, 1.54) is 6.20 Å². The highest BCUT2D eigenvalue weighted by molar-refractivity contribution is 6.33. The number of hydrogen-bond acceptors (Lipinski definition) is 5. The van der Waals surface area contributed by atoms with Gasteiger partial charge in [-0.1, -0.05) is 23.7 Å². The van der Waals surface area contributed by atoms with Crippen LogP contribution in [0.3, 0.4) is 0 Å². The maximum Gasteiger partial charge on any atom is 0.257 e. The maximum absolute atomic E-state index is 12.3. The molecule has 2 aromatic carbocycles. The van der Waals surface area contributed by atoms with Gasteiger partial charge in [0, 0.05) is 6.20 Å². The van der Waals surface area contributed by atoms with Crippen LogP contribution in [-0.4, -0.2) is 31.2 Å². The Morgan fingerprint density at radius 2 is 1.79 bits per heavy atom. The van der Waals surface area contributed by atoms with Gasteiger partial charge in [-0.05, 0) is 48.5 Å². The van der Waals surface area contributed by atoms with E-state index in [0.717, 1.165) is 11.5 Å². The highest BCUT2D eigenvalue weighted by Gasteiger charge is 2.08. The molecule has 0 unspecified atom stereocenters. The average molecular weight is 398 g/mol. The Kier molecular flexibility index (Phi) is 6.70. The van der Waals surface area contributed by atoms with Crippen molar-refractivity contribution in [1.82, 2.24) is 4.98 Å². The highest BCUT2D eigenvalue weighted by atomic mass is 35.5. The standard InChI is InChI=1S/C21H20ClN3O3/c1-27-16-7-9-17(10-8-16)28-13-12-23-20-11-6-15(14-24-20)21(26)25-19-5-3-2-4-18(19)22/h2-11,14H,12-13H2,1H3,(H,23,24)(H,25,26). The molecule has 1 heterocycles. The number of pyridine rings is 1. The molecule has 6 nitrogen and oxygen atoms in total. The molecule has 0 saturated heterocycles. The van der Waals surface area contributed by atoms with E-state index in [9.17, 15) is 4.79 Å². The molecule has 0 saturated carbocycles. The zero-order chi connectivity index (χ0) is 19.8. The largest absolute Gasteiger partial charge is 0.497 e. The Labute approximate surface area is 168 Å². The number of amides is 1. The van der Waals surface area contributed by atoms with Gasteiger partial charge in [0.05, 0.1) is 29.9 Å². The number of methoxy groups -OCH3 is 1. The fourth-order valence-corrected chi connectivity index (χ4v) is 2.59. The summed E-state index contributed by atoms with van der Waals surface area (Å²) in [5.41, 5.74) is 1.01. The van der Waals surface area contributed by atoms with Crippen LogP contribution in [-0.2, 0) is 0 Å². The van der Waals surface area contributed by atoms with E-state index >= 15 is 0 Å². The number of benzene rings is 2. The molecule has 0 bridgehead atoms. The molecule has 7 heteroatoms. The highest BCUT2D eigenvalue weighted by Crippen LogP contribution is 2.21. The van der Waals surface area contributed by atoms with Crippen LogP contribution in [0, 0.1) is 0 Å². The topological polar surface area (TPSA) is 72.5 Å². The maximum atomic E-state index is 12.3. The molecule has 1 amide bonds. The number of para-hydroxylation sites is 1. The van der Waals surface area contributed by atoms with Crippen LogP contribution in [0.5, 0.6) is 11.5 Å². The number of aromatic nitrogens is 1. The van der Waals surface area contributed by atoms with Crippen molar-refractivity contribution >= 4 is 29.0 Å². The van der Waals surface area contributed by atoms with Crippen molar-refractivity contribution in [3.63, 3.8) is 0 Å². The van der Waals surface area contributed by atoms with Crippen molar-refractivity contribution in [2.24, 2.45) is 0 Å². The molecule has 0 aliphatic carbocycles. The lowest BCUT2D eigenvalue weighted by Gasteiger charge is -2.10. The molecule has 144 valence electrons. The molecule has 1 aromatic heterocycles. The summed E-state index contributed by atoms with van der Waals surface area (Å²) in [6.07, 6.45) is 1.51. The summed E-state index contributed by atoms with van der Waals surface area (Å²) in [6.45, 7) is 1.05. The molecule has 0 atom stereocenters. The van der Waals surface area contributed by atoms with Crippen molar-refractivity contribution in [2.75, 3.05) is 30.9 Å². The summed E-state index contributed by atoms with van der Waals surface area (Å²) in [5.74, 6) is 1.94. The molecule has 0 aliphatic rings. The summed E-state index contributed by atoms with van der Waals surface area (Å²) in [4.78, 5) is 16.5. The molecule has 0 radical (unpaired) electrons. The number of anilines is 2. The van der Waals surface area contributed by atoms with Gasteiger partial charge in [0.25, 0.3) is 5.91 Å². The van der Waals surface area contributed by atoms with Crippen LogP contribution in [0.4, 0.5) is 11.5 Å². The van der Waals surface area contributed by atoms with Gasteiger partial charge in [-0.25, -0.2) is 4.98 Å². The molecule has 0 fully saturated rings. The lowest BCUT2D eigenvalue weighted by molar-refractivity contribution is 0.102. The van der Waals surface area contributed by atoms with Crippen LogP contribution in [0.2, 0.25) is 5.02 Å². The van der Waals surface area contributed by atoms with E-state index in [1.54, 1.807) is 43.5 Å². The molecule has 3 rings (SSSR count). The van der Waals surface area contributed by atoms with Crippen LogP contribution in [0.25, 0.3) is 0 Å². The SMILES string of the molecule is COc1ccc(OCCNc2ccc(C(=O)Nc3ccccc3Cl)cn2)cc1. The average Bonchev–Trinajstić information content (AvgIpc) is 2.73. The number of rotatable bonds is 8. The lowest BCUT2D eigenvalue weighted by Crippen LogP contribution is -2.14. The van der Waals surface area contributed by atoms with Gasteiger partial charge in [-0.15, -0.1) is 0 Å². The summed E-state index contributed by atoms with van der Waals surface area (Å²) >= 11 is 6.05. The van der Waals surface area contributed by atoms with Crippen molar-refractivity contribution in [3.05, 3.63) is 77.4 Å². The van der Waals surface area contributed by atoms with Gasteiger partial charge in [0.15, 0.2) is 0 Å². The van der Waals surface area contributed by atoms with Crippen molar-refractivity contribution in [2.45, 2.75) is 0 Å². The third-order valence-electron chi connectivity index (χ3n) is 3.88. The van der Waals surface area contributed by atoms with Crippen LogP contribution in [0.15, 0.2) is 66.9 Å². The number of hydrogen-bond donors (Lipinski definition) is 2. The van der Waals surface area contributed by atoms with Gasteiger partial charge in [0.1, 0.15) is 23.9 Å². The predicted molar refractivity (Wildman–Crippen MR) is 111 cm³/mol. The van der Waals surface area contributed by atoms with Gasteiger partial charge in [-0.3, -0.25) is 4.79 Å². The predicted octanol–water partition coefficient (Wildman–Crippen LogP) is 4.49. The second kappa shape index (κ2) is 9.62. The molecular weight excluding hydrogens is 378 g/mol. The fraction of sp³-hybridized carbons (Fsp3) is 0.143. The Balaban J connectivity index is 1.46. The summed E-state index contributed by atoms with van der Waals surface area (Å²) in [5, 5.41) is 6.40. The molecule has 0 aliphatic heterocycles. The number of nitrogens with zero attached hydrogens (tertiary/aromatic N) is 1. The van der Waals surface area contributed by atoms with Crippen LogP contribution in [0.1, 0.15) is 10.4 Å². The van der Waals surface area contributed by atoms with E-state index in [2.05, 4.69) is 15.6 Å². The number of nitrogens with one attached hydrogen (secondary N) is 2. The molecule has 28 heavy (non-hydrogen) atoms. The van der Waals surface area contributed by atoms with E-state index in [-0.39, 0.29) is 5.91 Å². The molecule has 0 spiro atoms. The third-order valence-corrected chi connectivity index (χ3v) is 4.21. The number of ether oxygens (including phenoxy) is 2. The fourth-order valence-electron chi connectivity index (χ4n) is 2.41. The first kappa shape index (κ1) is 19.5. The monoisotopic (exact) mass is 397 g/mol. The third kappa shape index (κ3) is 5.37. The van der Waals surface area contributed by atoms with Gasteiger partial charge < -0.3 is 20.1 Å². The minimum atomic E-state index is -0.269. The first-order valence-electron chi connectivity index (χ1n) is 8.68. The van der Waals surface area contributed by atoms with Crippen LogP contribution < -0.4 is 20.1 Å². The first-order chi connectivity index (χ1) is 13.7. The number of carbonyl (C=O) groups excluding carboxylic acids is 1. The van der Waals surface area contributed by atoms with Gasteiger partial charge >= 0.3 is 0 Å². The Bertz CT molecular complexity index is 915. The van der Waals surface area contributed by atoms with E-state index in [4.69, 9.17) is 21.1 Å². The second-order valence-electron chi connectivity index (χ2n) is 5.82. The van der Waals surface area contributed by atoms with E-state index in [0.29, 0.717) is 35.2 Å². The van der Waals surface area contributed by atoms with Crippen LogP contribution >= 0.6 is 11.6 Å². The zero-order valence-corrected chi connectivity index (χ0v) is 16.1. The molecule has 2 N–H and O–H groups in total.